The fraction of sp³-hybridized carbons (Fsp3) is 0.375. The average Bonchev–Trinajstić information content (AvgIpc) is 3.00. The number of hydrogen-bond donors (Lipinski definition) is 1. The van der Waals surface area contributed by atoms with E-state index in [0.29, 0.717) is 10.3 Å². The van der Waals surface area contributed by atoms with Crippen LogP contribution in [0.25, 0.3) is 0 Å². The number of aromatic nitrogens is 2. The monoisotopic (exact) mass is 381 g/mol. The molecule has 1 aliphatic heterocycles. The van der Waals surface area contributed by atoms with Gasteiger partial charge in [0.05, 0.1) is 5.56 Å². The zero-order valence-corrected chi connectivity index (χ0v) is 14.3. The van der Waals surface area contributed by atoms with Crippen molar-refractivity contribution in [2.45, 2.75) is 32.4 Å². The number of rotatable bonds is 3. The molecular formula is C16H17BrFN3O2. The average molecular weight is 382 g/mol. The predicted octanol–water partition coefficient (Wildman–Crippen LogP) is 4.04. The number of nitrogens with one attached hydrogen (secondary N) is 1. The first kappa shape index (κ1) is 16.1. The van der Waals surface area contributed by atoms with Crippen LogP contribution < -0.4 is 5.32 Å². The van der Waals surface area contributed by atoms with Crippen molar-refractivity contribution in [1.29, 1.82) is 0 Å². The maximum Gasteiger partial charge on any atom is 0.259 e. The second-order valence-electron chi connectivity index (χ2n) is 5.54. The van der Waals surface area contributed by atoms with E-state index in [-0.39, 0.29) is 11.8 Å². The molecule has 1 atom stereocenters. The molecule has 1 saturated heterocycles. The van der Waals surface area contributed by atoms with Crippen LogP contribution in [-0.4, -0.2) is 22.3 Å². The molecule has 1 fully saturated rings. The molecule has 0 aliphatic carbocycles. The van der Waals surface area contributed by atoms with Gasteiger partial charge in [0, 0.05) is 23.3 Å². The summed E-state index contributed by atoms with van der Waals surface area (Å²) < 4.78 is 22.0. The van der Waals surface area contributed by atoms with E-state index in [1.165, 1.54) is 12.1 Å². The smallest absolute Gasteiger partial charge is 0.259 e. The van der Waals surface area contributed by atoms with E-state index < -0.39 is 11.7 Å². The minimum Gasteiger partial charge on any atom is -0.357 e. The van der Waals surface area contributed by atoms with Gasteiger partial charge in [-0.2, -0.15) is 5.10 Å². The summed E-state index contributed by atoms with van der Waals surface area (Å²) in [5.74, 6) is -0.712. The lowest BCUT2D eigenvalue weighted by Crippen LogP contribution is -2.19. The molecule has 0 radical (unpaired) electrons. The van der Waals surface area contributed by atoms with E-state index in [2.05, 4.69) is 26.3 Å². The predicted molar refractivity (Wildman–Crippen MR) is 87.9 cm³/mol. The van der Waals surface area contributed by atoms with E-state index >= 15 is 0 Å². The molecule has 1 aliphatic rings. The Morgan fingerprint density at radius 1 is 1.48 bits per heavy atom. The molecule has 0 bridgehead atoms. The zero-order valence-electron chi connectivity index (χ0n) is 12.7. The fourth-order valence-corrected chi connectivity index (χ4v) is 2.84. The molecule has 23 heavy (non-hydrogen) atoms. The van der Waals surface area contributed by atoms with Gasteiger partial charge in [0.15, 0.2) is 5.82 Å². The van der Waals surface area contributed by atoms with E-state index in [4.69, 9.17) is 4.74 Å². The Kier molecular flexibility index (Phi) is 4.77. The molecule has 122 valence electrons. The van der Waals surface area contributed by atoms with Crippen LogP contribution in [0.4, 0.5) is 10.2 Å². The number of aryl methyl sites for hydroxylation is 1. The summed E-state index contributed by atoms with van der Waals surface area (Å²) in [6.07, 6.45) is 4.71. The Hall–Kier alpha value is -1.73. The number of amides is 1. The highest BCUT2D eigenvalue weighted by molar-refractivity contribution is 9.10. The number of anilines is 1. The number of carbonyl (C=O) groups is 1. The van der Waals surface area contributed by atoms with Gasteiger partial charge >= 0.3 is 0 Å². The lowest BCUT2D eigenvalue weighted by Gasteiger charge is -2.22. The molecule has 2 heterocycles. The van der Waals surface area contributed by atoms with Gasteiger partial charge < -0.3 is 10.1 Å². The number of ether oxygens (including phenoxy) is 1. The quantitative estimate of drug-likeness (QED) is 0.872. The summed E-state index contributed by atoms with van der Waals surface area (Å²) >= 11 is 3.31. The molecule has 1 N–H and O–H groups in total. The number of halogens is 2. The van der Waals surface area contributed by atoms with E-state index in [1.54, 1.807) is 23.9 Å². The van der Waals surface area contributed by atoms with Crippen molar-refractivity contribution in [2.24, 2.45) is 0 Å². The maximum absolute atomic E-state index is 14.0. The van der Waals surface area contributed by atoms with Crippen LogP contribution in [0.2, 0.25) is 0 Å². The van der Waals surface area contributed by atoms with Gasteiger partial charge in [-0.3, -0.25) is 4.79 Å². The first-order valence-electron chi connectivity index (χ1n) is 7.48. The fourth-order valence-electron chi connectivity index (χ4n) is 2.50. The molecule has 7 heteroatoms. The second kappa shape index (κ2) is 6.80. The number of benzene rings is 1. The topological polar surface area (TPSA) is 56.2 Å². The van der Waals surface area contributed by atoms with E-state index in [1.807, 2.05) is 0 Å². The minimum atomic E-state index is -0.557. The SMILES string of the molecule is Cc1cc(F)c(C(=O)Nc2ccn(C3CCCCO3)n2)cc1Br. The van der Waals surface area contributed by atoms with Gasteiger partial charge in [-0.15, -0.1) is 0 Å². The summed E-state index contributed by atoms with van der Waals surface area (Å²) in [7, 11) is 0. The second-order valence-corrected chi connectivity index (χ2v) is 6.39. The van der Waals surface area contributed by atoms with Crippen LogP contribution in [0.3, 0.4) is 0 Å². The summed E-state index contributed by atoms with van der Waals surface area (Å²) in [6, 6.07) is 4.48. The summed E-state index contributed by atoms with van der Waals surface area (Å²) in [6.45, 7) is 2.48. The maximum atomic E-state index is 14.0. The Morgan fingerprint density at radius 3 is 3.04 bits per heavy atom. The van der Waals surface area contributed by atoms with Gasteiger partial charge in [-0.25, -0.2) is 9.07 Å². The highest BCUT2D eigenvalue weighted by Gasteiger charge is 2.18. The lowest BCUT2D eigenvalue weighted by atomic mass is 10.1. The molecule has 0 saturated carbocycles. The van der Waals surface area contributed by atoms with Gasteiger partial charge in [0.2, 0.25) is 0 Å². The number of nitrogens with zero attached hydrogens (tertiary/aromatic N) is 2. The summed E-state index contributed by atoms with van der Waals surface area (Å²) in [5, 5.41) is 6.91. The standard InChI is InChI=1S/C16H17BrFN3O2/c1-10-8-13(18)11(9-12(10)17)16(22)19-14-5-6-21(20-14)15-4-2-3-7-23-15/h5-6,8-9,15H,2-4,7H2,1H3,(H,19,20,22). The van der Waals surface area contributed by atoms with Crippen LogP contribution in [0, 0.1) is 12.7 Å². The molecule has 1 unspecified atom stereocenters. The molecule has 1 aromatic carbocycles. The zero-order chi connectivity index (χ0) is 16.4. The van der Waals surface area contributed by atoms with E-state index in [0.717, 1.165) is 31.4 Å². The molecule has 2 aromatic rings. The third-order valence-electron chi connectivity index (χ3n) is 3.79. The van der Waals surface area contributed by atoms with E-state index in [9.17, 15) is 9.18 Å². The molecule has 0 spiro atoms. The first-order valence-corrected chi connectivity index (χ1v) is 8.27. The molecule has 5 nitrogen and oxygen atoms in total. The number of carbonyl (C=O) groups excluding carboxylic acids is 1. The van der Waals surface area contributed by atoms with Gasteiger partial charge in [-0.05, 0) is 43.9 Å². The molecule has 1 aromatic heterocycles. The van der Waals surface area contributed by atoms with Crippen LogP contribution in [-0.2, 0) is 4.74 Å². The van der Waals surface area contributed by atoms with Crippen LogP contribution >= 0.6 is 15.9 Å². The Labute approximate surface area is 142 Å². The largest absolute Gasteiger partial charge is 0.357 e. The van der Waals surface area contributed by atoms with Gasteiger partial charge in [-0.1, -0.05) is 15.9 Å². The molecule has 1 amide bonds. The summed E-state index contributed by atoms with van der Waals surface area (Å²) in [4.78, 5) is 12.2. The van der Waals surface area contributed by atoms with Crippen molar-refractivity contribution in [3.8, 4) is 0 Å². The van der Waals surface area contributed by atoms with Crippen LogP contribution in [0.1, 0.15) is 41.4 Å². The van der Waals surface area contributed by atoms with Crippen molar-refractivity contribution < 1.29 is 13.9 Å². The normalized spacial score (nSPS) is 18.0. The van der Waals surface area contributed by atoms with Crippen molar-refractivity contribution in [1.82, 2.24) is 9.78 Å². The van der Waals surface area contributed by atoms with Crippen LogP contribution in [0.5, 0.6) is 0 Å². The highest BCUT2D eigenvalue weighted by atomic mass is 79.9. The van der Waals surface area contributed by atoms with Gasteiger partial charge in [0.25, 0.3) is 5.91 Å². The van der Waals surface area contributed by atoms with Crippen molar-refractivity contribution in [2.75, 3.05) is 11.9 Å². The molecule has 3 rings (SSSR count). The van der Waals surface area contributed by atoms with Gasteiger partial charge in [0.1, 0.15) is 12.0 Å². The lowest BCUT2D eigenvalue weighted by molar-refractivity contribution is -0.0393. The first-order chi connectivity index (χ1) is 11.0. The Morgan fingerprint density at radius 2 is 2.30 bits per heavy atom. The number of hydrogen-bond acceptors (Lipinski definition) is 3. The molecular weight excluding hydrogens is 365 g/mol. The van der Waals surface area contributed by atoms with Crippen LogP contribution in [0.15, 0.2) is 28.9 Å². The Balaban J connectivity index is 1.73. The Bertz CT molecular complexity index is 726. The highest BCUT2D eigenvalue weighted by Crippen LogP contribution is 2.24. The van der Waals surface area contributed by atoms with Crippen molar-refractivity contribution in [3.05, 3.63) is 45.8 Å². The van der Waals surface area contributed by atoms with Crippen molar-refractivity contribution in [3.63, 3.8) is 0 Å². The summed E-state index contributed by atoms with van der Waals surface area (Å²) in [5.41, 5.74) is 0.712. The minimum absolute atomic E-state index is 0.0223. The third-order valence-corrected chi connectivity index (χ3v) is 4.65. The van der Waals surface area contributed by atoms with Crippen molar-refractivity contribution >= 4 is 27.7 Å². The third kappa shape index (κ3) is 3.61.